The van der Waals surface area contributed by atoms with Crippen LogP contribution in [0.25, 0.3) is 0 Å². The van der Waals surface area contributed by atoms with Crippen molar-refractivity contribution >= 4 is 40.2 Å². The van der Waals surface area contributed by atoms with Crippen molar-refractivity contribution in [1.29, 1.82) is 0 Å². The number of piperidine rings is 1. The predicted molar refractivity (Wildman–Crippen MR) is 141 cm³/mol. The molecule has 1 aromatic carbocycles. The molecule has 0 bridgehead atoms. The number of hydrogen-bond donors (Lipinski definition) is 1. The molecule has 1 aliphatic heterocycles. The van der Waals surface area contributed by atoms with Gasteiger partial charge in [-0.15, -0.1) is 0 Å². The molecule has 0 unspecified atom stereocenters. The van der Waals surface area contributed by atoms with Crippen LogP contribution in [-0.4, -0.2) is 43.2 Å². The number of aromatic nitrogens is 4. The maximum absolute atomic E-state index is 11.6. The zero-order chi connectivity index (χ0) is 24.9. The number of hydrogen-bond acceptors (Lipinski definition) is 9. The second-order valence-corrected chi connectivity index (χ2v) is 10.4. The molecule has 4 aromatic rings. The van der Waals surface area contributed by atoms with E-state index in [1.807, 2.05) is 48.2 Å². The van der Waals surface area contributed by atoms with E-state index in [4.69, 9.17) is 9.72 Å². The van der Waals surface area contributed by atoms with E-state index in [1.165, 1.54) is 11.5 Å². The monoisotopic (exact) mass is 518 g/mol. The van der Waals surface area contributed by atoms with Gasteiger partial charge in [-0.05, 0) is 44.0 Å². The van der Waals surface area contributed by atoms with Gasteiger partial charge in [0.1, 0.15) is 23.1 Å². The number of rotatable bonds is 7. The number of ether oxygens (including phenoxy) is 1. The minimum atomic E-state index is 0.127. The predicted octanol–water partition coefficient (Wildman–Crippen LogP) is 6.05. The summed E-state index contributed by atoms with van der Waals surface area (Å²) in [4.78, 5) is 29.2. The van der Waals surface area contributed by atoms with E-state index in [-0.39, 0.29) is 11.8 Å². The van der Waals surface area contributed by atoms with Gasteiger partial charge in [-0.2, -0.15) is 4.37 Å². The van der Waals surface area contributed by atoms with Crippen LogP contribution in [0.15, 0.2) is 70.7 Å². The zero-order valence-corrected chi connectivity index (χ0v) is 21.7. The summed E-state index contributed by atoms with van der Waals surface area (Å²) in [6, 6.07) is 15.8. The third-order valence-electron chi connectivity index (χ3n) is 5.96. The molecule has 1 aliphatic rings. The fraction of sp³-hybridized carbons (Fsp3) is 0.269. The van der Waals surface area contributed by atoms with E-state index in [9.17, 15) is 4.79 Å². The van der Waals surface area contributed by atoms with E-state index in [1.54, 1.807) is 31.1 Å². The molecule has 0 radical (unpaired) electrons. The SMILES string of the molecule is CC(=O)N1CCC(c2nsc(Nc3ncc(Oc4cccnc4C)cc3Sc3ccccc3)n2)CC1. The van der Waals surface area contributed by atoms with E-state index >= 15 is 0 Å². The largest absolute Gasteiger partial charge is 0.454 e. The Hall–Kier alpha value is -3.50. The number of carbonyl (C=O) groups excluding carboxylic acids is 1. The highest BCUT2D eigenvalue weighted by Gasteiger charge is 2.25. The Labute approximate surface area is 218 Å². The van der Waals surface area contributed by atoms with Gasteiger partial charge in [-0.3, -0.25) is 9.78 Å². The summed E-state index contributed by atoms with van der Waals surface area (Å²) in [7, 11) is 0. The van der Waals surface area contributed by atoms with E-state index in [0.717, 1.165) is 47.2 Å². The topological polar surface area (TPSA) is 93.1 Å². The van der Waals surface area contributed by atoms with Crippen LogP contribution in [-0.2, 0) is 4.79 Å². The quantitative estimate of drug-likeness (QED) is 0.316. The number of aryl methyl sites for hydroxylation is 1. The summed E-state index contributed by atoms with van der Waals surface area (Å²) in [5.74, 6) is 3.23. The van der Waals surface area contributed by atoms with Crippen molar-refractivity contribution in [2.45, 2.75) is 42.4 Å². The van der Waals surface area contributed by atoms with Gasteiger partial charge >= 0.3 is 0 Å². The third-order valence-corrected chi connectivity index (χ3v) is 7.64. The van der Waals surface area contributed by atoms with Crippen LogP contribution in [0.5, 0.6) is 11.5 Å². The molecular weight excluding hydrogens is 492 g/mol. The Morgan fingerprint density at radius 2 is 1.94 bits per heavy atom. The van der Waals surface area contributed by atoms with Crippen molar-refractivity contribution in [3.05, 3.63) is 72.4 Å². The summed E-state index contributed by atoms with van der Waals surface area (Å²) < 4.78 is 10.7. The molecule has 1 saturated heterocycles. The Balaban J connectivity index is 1.36. The lowest BCUT2D eigenvalue weighted by Crippen LogP contribution is -2.36. The number of nitrogens with zero attached hydrogens (tertiary/aromatic N) is 5. The number of amides is 1. The fourth-order valence-corrected chi connectivity index (χ4v) is 5.55. The summed E-state index contributed by atoms with van der Waals surface area (Å²) in [6.07, 6.45) is 5.20. The van der Waals surface area contributed by atoms with Gasteiger partial charge < -0.3 is 15.0 Å². The number of likely N-dealkylation sites (tertiary alicyclic amines) is 1. The Morgan fingerprint density at radius 1 is 1.14 bits per heavy atom. The van der Waals surface area contributed by atoms with Gasteiger partial charge in [0.25, 0.3) is 0 Å². The highest BCUT2D eigenvalue weighted by Crippen LogP contribution is 2.38. The summed E-state index contributed by atoms with van der Waals surface area (Å²) in [5, 5.41) is 4.06. The molecule has 4 heterocycles. The second kappa shape index (κ2) is 11.0. The molecule has 1 N–H and O–H groups in total. The lowest BCUT2D eigenvalue weighted by Gasteiger charge is -2.29. The van der Waals surface area contributed by atoms with Gasteiger partial charge in [0.05, 0.1) is 16.8 Å². The van der Waals surface area contributed by atoms with E-state index in [0.29, 0.717) is 22.4 Å². The average Bonchev–Trinajstić information content (AvgIpc) is 3.36. The lowest BCUT2D eigenvalue weighted by atomic mass is 9.96. The molecule has 8 nitrogen and oxygen atoms in total. The van der Waals surface area contributed by atoms with Crippen molar-refractivity contribution in [3.8, 4) is 11.5 Å². The number of nitrogens with one attached hydrogen (secondary N) is 1. The average molecular weight is 519 g/mol. The van der Waals surface area contributed by atoms with Crippen LogP contribution in [0.4, 0.5) is 10.9 Å². The zero-order valence-electron chi connectivity index (χ0n) is 20.0. The smallest absolute Gasteiger partial charge is 0.219 e. The fourth-order valence-electron chi connectivity index (χ4n) is 3.98. The molecule has 3 aromatic heterocycles. The summed E-state index contributed by atoms with van der Waals surface area (Å²) in [5.41, 5.74) is 0.812. The van der Waals surface area contributed by atoms with Gasteiger partial charge in [-0.1, -0.05) is 30.0 Å². The van der Waals surface area contributed by atoms with E-state index in [2.05, 4.69) is 31.8 Å². The van der Waals surface area contributed by atoms with E-state index < -0.39 is 0 Å². The number of carbonyl (C=O) groups is 1. The van der Waals surface area contributed by atoms with Crippen LogP contribution in [0.1, 0.15) is 37.2 Å². The number of pyridine rings is 2. The molecule has 0 aliphatic carbocycles. The molecule has 10 heteroatoms. The molecule has 36 heavy (non-hydrogen) atoms. The Kier molecular flexibility index (Phi) is 7.43. The highest BCUT2D eigenvalue weighted by molar-refractivity contribution is 7.99. The molecule has 1 fully saturated rings. The summed E-state index contributed by atoms with van der Waals surface area (Å²) in [6.45, 7) is 5.03. The second-order valence-electron chi connectivity index (χ2n) is 8.48. The van der Waals surface area contributed by atoms with Crippen molar-refractivity contribution < 1.29 is 9.53 Å². The molecule has 1 amide bonds. The number of anilines is 2. The minimum Gasteiger partial charge on any atom is -0.454 e. The molecule has 0 saturated carbocycles. The maximum atomic E-state index is 11.6. The maximum Gasteiger partial charge on any atom is 0.219 e. The van der Waals surface area contributed by atoms with Crippen molar-refractivity contribution in [1.82, 2.24) is 24.2 Å². The highest BCUT2D eigenvalue weighted by atomic mass is 32.2. The number of benzene rings is 1. The first-order valence-corrected chi connectivity index (χ1v) is 13.3. The van der Waals surface area contributed by atoms with Gasteiger partial charge in [0, 0.05) is 54.6 Å². The van der Waals surface area contributed by atoms with Crippen LogP contribution in [0.3, 0.4) is 0 Å². The Morgan fingerprint density at radius 3 is 2.69 bits per heavy atom. The Bertz CT molecular complexity index is 1340. The van der Waals surface area contributed by atoms with Crippen LogP contribution in [0.2, 0.25) is 0 Å². The van der Waals surface area contributed by atoms with Gasteiger partial charge in [0.2, 0.25) is 11.0 Å². The van der Waals surface area contributed by atoms with Crippen molar-refractivity contribution in [2.75, 3.05) is 18.4 Å². The molecule has 5 rings (SSSR count). The van der Waals surface area contributed by atoms with Crippen molar-refractivity contribution in [2.24, 2.45) is 0 Å². The first kappa shape index (κ1) is 24.2. The van der Waals surface area contributed by atoms with Crippen molar-refractivity contribution in [3.63, 3.8) is 0 Å². The van der Waals surface area contributed by atoms with Crippen LogP contribution < -0.4 is 10.1 Å². The standard InChI is InChI=1S/C26H26N6O2S2/c1-17-22(9-6-12-27-17)34-20-15-23(35-21-7-4-3-5-8-21)25(28-16-20)30-26-29-24(31-36-26)19-10-13-32(14-11-19)18(2)33/h3-9,12,15-16,19H,10-11,13-14H2,1-2H3,(H,28,29,30,31). The normalized spacial score (nSPS) is 14.0. The molecule has 0 spiro atoms. The van der Waals surface area contributed by atoms with Gasteiger partial charge in [-0.25, -0.2) is 9.97 Å². The lowest BCUT2D eigenvalue weighted by molar-refractivity contribution is -0.129. The summed E-state index contributed by atoms with van der Waals surface area (Å²) >= 11 is 2.93. The molecular formula is C26H26N6O2S2. The first-order chi connectivity index (χ1) is 17.5. The van der Waals surface area contributed by atoms with Crippen LogP contribution in [0, 0.1) is 6.92 Å². The minimum absolute atomic E-state index is 0.127. The van der Waals surface area contributed by atoms with Crippen LogP contribution >= 0.6 is 23.3 Å². The first-order valence-electron chi connectivity index (χ1n) is 11.7. The van der Waals surface area contributed by atoms with Gasteiger partial charge in [0.15, 0.2) is 0 Å². The molecule has 184 valence electrons. The third kappa shape index (κ3) is 5.83. The molecule has 0 atom stereocenters.